The van der Waals surface area contributed by atoms with Crippen LogP contribution in [0.2, 0.25) is 0 Å². The van der Waals surface area contributed by atoms with Crippen LogP contribution in [-0.2, 0) is 14.3 Å². The summed E-state index contributed by atoms with van der Waals surface area (Å²) in [4.78, 5) is 11.1. The van der Waals surface area contributed by atoms with Gasteiger partial charge in [0.15, 0.2) is 0 Å². The molecule has 0 bridgehead atoms. The minimum atomic E-state index is -0.0224. The maximum atomic E-state index is 11.1. The highest BCUT2D eigenvalue weighted by Crippen LogP contribution is 2.14. The van der Waals surface area contributed by atoms with Crippen LogP contribution in [0.3, 0.4) is 0 Å². The number of nitrogens with one attached hydrogen (secondary N) is 1. The molecule has 0 spiro atoms. The largest absolute Gasteiger partial charge is 0.381 e. The number of ether oxygens (including phenoxy) is 2. The summed E-state index contributed by atoms with van der Waals surface area (Å²) >= 11 is 0. The summed E-state index contributed by atoms with van der Waals surface area (Å²) < 4.78 is 10.2. The number of carbonyl (C=O) groups is 1. The van der Waals surface area contributed by atoms with E-state index in [0.29, 0.717) is 12.5 Å². The summed E-state index contributed by atoms with van der Waals surface area (Å²) in [5.74, 6) is 0.605. The van der Waals surface area contributed by atoms with Gasteiger partial charge in [-0.15, -0.1) is 0 Å². The number of amides is 1. The fraction of sp³-hybridized carbons (Fsp3) is 0.900. The van der Waals surface area contributed by atoms with Crippen molar-refractivity contribution < 1.29 is 14.3 Å². The predicted octanol–water partition coefficient (Wildman–Crippen LogP) is 0.566. The Morgan fingerprint density at radius 3 is 3.14 bits per heavy atom. The van der Waals surface area contributed by atoms with E-state index in [0.717, 1.165) is 32.6 Å². The minimum absolute atomic E-state index is 0.0224. The molecule has 1 amide bonds. The van der Waals surface area contributed by atoms with Gasteiger partial charge >= 0.3 is 0 Å². The van der Waals surface area contributed by atoms with Crippen LogP contribution in [0.15, 0.2) is 0 Å². The molecule has 0 aromatic rings. The van der Waals surface area contributed by atoms with Gasteiger partial charge in [0.1, 0.15) is 6.61 Å². The number of rotatable bonds is 6. The van der Waals surface area contributed by atoms with Gasteiger partial charge in [-0.1, -0.05) is 0 Å². The lowest BCUT2D eigenvalue weighted by Crippen LogP contribution is -2.29. The molecule has 4 heteroatoms. The van der Waals surface area contributed by atoms with Gasteiger partial charge in [0, 0.05) is 26.4 Å². The molecule has 0 aromatic carbocycles. The zero-order chi connectivity index (χ0) is 10.2. The predicted molar refractivity (Wildman–Crippen MR) is 53.0 cm³/mol. The molecular weight excluding hydrogens is 182 g/mol. The Bertz CT molecular complexity index is 167. The molecule has 1 aliphatic rings. The van der Waals surface area contributed by atoms with E-state index >= 15 is 0 Å². The molecule has 1 N–H and O–H groups in total. The highest BCUT2D eigenvalue weighted by atomic mass is 16.5. The first kappa shape index (κ1) is 11.5. The highest BCUT2D eigenvalue weighted by Gasteiger charge is 2.15. The van der Waals surface area contributed by atoms with Crippen molar-refractivity contribution in [3.63, 3.8) is 0 Å². The Morgan fingerprint density at radius 2 is 2.50 bits per heavy atom. The van der Waals surface area contributed by atoms with Gasteiger partial charge in [0.2, 0.25) is 5.91 Å². The van der Waals surface area contributed by atoms with Gasteiger partial charge in [-0.25, -0.2) is 0 Å². The van der Waals surface area contributed by atoms with Crippen molar-refractivity contribution in [1.82, 2.24) is 5.32 Å². The average molecular weight is 201 g/mol. The zero-order valence-electron chi connectivity index (χ0n) is 8.75. The number of hydrogen-bond acceptors (Lipinski definition) is 3. The Hall–Kier alpha value is -0.610. The summed E-state index contributed by atoms with van der Waals surface area (Å²) in [6.07, 6.45) is 2.14. The Balaban J connectivity index is 1.94. The normalized spacial score (nSPS) is 21.1. The molecule has 4 nitrogen and oxygen atoms in total. The molecule has 1 heterocycles. The molecule has 14 heavy (non-hydrogen) atoms. The quantitative estimate of drug-likeness (QED) is 0.683. The molecule has 1 aliphatic heterocycles. The smallest absolute Gasteiger partial charge is 0.245 e. The fourth-order valence-electron chi connectivity index (χ4n) is 1.47. The van der Waals surface area contributed by atoms with Gasteiger partial charge in [-0.2, -0.15) is 0 Å². The van der Waals surface area contributed by atoms with Crippen LogP contribution in [0.4, 0.5) is 0 Å². The molecular formula is C10H19NO3. The van der Waals surface area contributed by atoms with E-state index in [-0.39, 0.29) is 12.5 Å². The van der Waals surface area contributed by atoms with Gasteiger partial charge in [0.25, 0.3) is 0 Å². The molecule has 1 rings (SSSR count). The van der Waals surface area contributed by atoms with Crippen LogP contribution >= 0.6 is 0 Å². The third kappa shape index (κ3) is 4.58. The molecule has 0 saturated carbocycles. The number of hydrogen-bond donors (Lipinski definition) is 1. The Morgan fingerprint density at radius 1 is 1.64 bits per heavy atom. The van der Waals surface area contributed by atoms with E-state index in [4.69, 9.17) is 9.47 Å². The highest BCUT2D eigenvalue weighted by molar-refractivity contribution is 5.77. The van der Waals surface area contributed by atoms with Crippen LogP contribution in [0.5, 0.6) is 0 Å². The first-order valence-electron chi connectivity index (χ1n) is 5.25. The van der Waals surface area contributed by atoms with Crippen LogP contribution in [-0.4, -0.2) is 38.9 Å². The van der Waals surface area contributed by atoms with Crippen LogP contribution in [0, 0.1) is 5.92 Å². The molecule has 1 unspecified atom stereocenters. The molecule has 1 atom stereocenters. The van der Waals surface area contributed by atoms with Crippen molar-refractivity contribution in [1.29, 1.82) is 0 Å². The summed E-state index contributed by atoms with van der Waals surface area (Å²) in [5, 5.41) is 2.82. The maximum Gasteiger partial charge on any atom is 0.245 e. The summed E-state index contributed by atoms with van der Waals surface area (Å²) in [5.41, 5.74) is 0. The van der Waals surface area contributed by atoms with Crippen LogP contribution < -0.4 is 5.32 Å². The SMILES string of the molecule is CCOCC(=O)NCCC1CCOC1. The molecule has 0 aliphatic carbocycles. The van der Waals surface area contributed by atoms with Crippen LogP contribution in [0.1, 0.15) is 19.8 Å². The first-order valence-corrected chi connectivity index (χ1v) is 5.25. The lowest BCUT2D eigenvalue weighted by Gasteiger charge is -2.08. The summed E-state index contributed by atoms with van der Waals surface area (Å²) in [7, 11) is 0. The summed E-state index contributed by atoms with van der Waals surface area (Å²) in [6.45, 7) is 5.10. The van der Waals surface area contributed by atoms with Crippen molar-refractivity contribution >= 4 is 5.91 Å². The lowest BCUT2D eigenvalue weighted by molar-refractivity contribution is -0.125. The van der Waals surface area contributed by atoms with Gasteiger partial charge in [-0.05, 0) is 25.7 Å². The Labute approximate surface area is 85.0 Å². The van der Waals surface area contributed by atoms with Crippen LogP contribution in [0.25, 0.3) is 0 Å². The zero-order valence-corrected chi connectivity index (χ0v) is 8.75. The second-order valence-electron chi connectivity index (χ2n) is 3.51. The average Bonchev–Trinajstić information content (AvgIpc) is 2.67. The van der Waals surface area contributed by atoms with E-state index in [1.807, 2.05) is 6.92 Å². The second kappa shape index (κ2) is 6.79. The third-order valence-electron chi connectivity index (χ3n) is 2.34. The van der Waals surface area contributed by atoms with E-state index in [1.165, 1.54) is 0 Å². The second-order valence-corrected chi connectivity index (χ2v) is 3.51. The first-order chi connectivity index (χ1) is 6.83. The molecule has 0 aromatic heterocycles. The van der Waals surface area contributed by atoms with E-state index in [2.05, 4.69) is 5.32 Å². The van der Waals surface area contributed by atoms with E-state index < -0.39 is 0 Å². The number of carbonyl (C=O) groups excluding carboxylic acids is 1. The van der Waals surface area contributed by atoms with E-state index in [9.17, 15) is 4.79 Å². The fourth-order valence-corrected chi connectivity index (χ4v) is 1.47. The standard InChI is InChI=1S/C10H19NO3/c1-2-13-8-10(12)11-5-3-9-4-6-14-7-9/h9H,2-8H2,1H3,(H,11,12). The lowest BCUT2D eigenvalue weighted by atomic mass is 10.1. The summed E-state index contributed by atoms with van der Waals surface area (Å²) in [6, 6.07) is 0. The third-order valence-corrected chi connectivity index (χ3v) is 2.34. The van der Waals surface area contributed by atoms with Crippen molar-refractivity contribution in [2.45, 2.75) is 19.8 Å². The van der Waals surface area contributed by atoms with Gasteiger partial charge in [-0.3, -0.25) is 4.79 Å². The molecule has 1 fully saturated rings. The minimum Gasteiger partial charge on any atom is -0.381 e. The van der Waals surface area contributed by atoms with E-state index in [1.54, 1.807) is 0 Å². The molecule has 82 valence electrons. The monoisotopic (exact) mass is 201 g/mol. The van der Waals surface area contributed by atoms with Crippen molar-refractivity contribution in [2.24, 2.45) is 5.92 Å². The topological polar surface area (TPSA) is 47.6 Å². The van der Waals surface area contributed by atoms with Gasteiger partial charge in [0.05, 0.1) is 0 Å². The maximum absolute atomic E-state index is 11.1. The molecule has 0 radical (unpaired) electrons. The molecule has 1 saturated heterocycles. The van der Waals surface area contributed by atoms with Crippen molar-refractivity contribution in [3.05, 3.63) is 0 Å². The van der Waals surface area contributed by atoms with Crippen molar-refractivity contribution in [3.8, 4) is 0 Å². The van der Waals surface area contributed by atoms with Gasteiger partial charge < -0.3 is 14.8 Å². The Kier molecular flexibility index (Phi) is 5.56. The van der Waals surface area contributed by atoms with Crippen molar-refractivity contribution in [2.75, 3.05) is 33.0 Å².